The van der Waals surface area contributed by atoms with Gasteiger partial charge in [-0.2, -0.15) is 0 Å². The van der Waals surface area contributed by atoms with Crippen molar-refractivity contribution in [3.63, 3.8) is 0 Å². The van der Waals surface area contributed by atoms with E-state index in [0.717, 1.165) is 11.3 Å². The highest BCUT2D eigenvalue weighted by Gasteiger charge is 2.22. The molecule has 0 radical (unpaired) electrons. The summed E-state index contributed by atoms with van der Waals surface area (Å²) in [5.41, 5.74) is 7.46. The Kier molecular flexibility index (Phi) is 4.02. The molecule has 0 aliphatic rings. The van der Waals surface area contributed by atoms with Gasteiger partial charge in [-0.05, 0) is 43.7 Å². The summed E-state index contributed by atoms with van der Waals surface area (Å²) in [6.45, 7) is 4.43. The first kappa shape index (κ1) is 13.4. The molecule has 4 nitrogen and oxygen atoms in total. The first-order valence-electron chi connectivity index (χ1n) is 6.29. The number of carbonyl (C=O) groups is 1. The summed E-state index contributed by atoms with van der Waals surface area (Å²) in [6.07, 6.45) is 1.50. The zero-order valence-electron chi connectivity index (χ0n) is 11.2. The number of nitrogens with two attached hydrogens (primary N) is 1. The summed E-state index contributed by atoms with van der Waals surface area (Å²) in [6, 6.07) is 11.1. The van der Waals surface area contributed by atoms with E-state index in [2.05, 4.69) is 0 Å². The number of furan rings is 1. The lowest BCUT2D eigenvalue weighted by Gasteiger charge is -2.26. The van der Waals surface area contributed by atoms with E-state index < -0.39 is 0 Å². The van der Waals surface area contributed by atoms with Crippen molar-refractivity contribution in [1.82, 2.24) is 0 Å². The van der Waals surface area contributed by atoms with Gasteiger partial charge in [-0.25, -0.2) is 0 Å². The molecule has 19 heavy (non-hydrogen) atoms. The molecular weight excluding hydrogens is 240 g/mol. The van der Waals surface area contributed by atoms with Gasteiger partial charge in [-0.3, -0.25) is 4.79 Å². The van der Waals surface area contributed by atoms with E-state index in [4.69, 9.17) is 10.2 Å². The fourth-order valence-electron chi connectivity index (χ4n) is 1.96. The molecule has 0 aliphatic carbocycles. The van der Waals surface area contributed by atoms with Crippen LogP contribution in [0.4, 0.5) is 5.69 Å². The number of nitrogens with zero attached hydrogens (tertiary/aromatic N) is 1. The van der Waals surface area contributed by atoms with Gasteiger partial charge in [0.25, 0.3) is 5.91 Å². The second-order valence-corrected chi connectivity index (χ2v) is 4.62. The largest absolute Gasteiger partial charge is 0.459 e. The topological polar surface area (TPSA) is 59.5 Å². The van der Waals surface area contributed by atoms with E-state index in [9.17, 15) is 4.79 Å². The third-order valence-electron chi connectivity index (χ3n) is 2.92. The van der Waals surface area contributed by atoms with Crippen molar-refractivity contribution in [2.45, 2.75) is 26.4 Å². The van der Waals surface area contributed by atoms with Crippen molar-refractivity contribution in [3.05, 3.63) is 54.0 Å². The minimum Gasteiger partial charge on any atom is -0.459 e. The van der Waals surface area contributed by atoms with Crippen LogP contribution in [-0.4, -0.2) is 11.9 Å². The van der Waals surface area contributed by atoms with Crippen molar-refractivity contribution in [2.24, 2.45) is 5.73 Å². The van der Waals surface area contributed by atoms with Crippen molar-refractivity contribution in [3.8, 4) is 0 Å². The Morgan fingerprint density at radius 3 is 2.42 bits per heavy atom. The molecule has 2 N–H and O–H groups in total. The van der Waals surface area contributed by atoms with Crippen LogP contribution in [0.5, 0.6) is 0 Å². The van der Waals surface area contributed by atoms with E-state index in [0.29, 0.717) is 12.3 Å². The van der Waals surface area contributed by atoms with Crippen LogP contribution in [0.2, 0.25) is 0 Å². The predicted molar refractivity (Wildman–Crippen MR) is 75.0 cm³/mol. The third kappa shape index (κ3) is 2.85. The smallest absolute Gasteiger partial charge is 0.294 e. The van der Waals surface area contributed by atoms with Crippen LogP contribution in [0, 0.1) is 0 Å². The van der Waals surface area contributed by atoms with Crippen molar-refractivity contribution < 1.29 is 9.21 Å². The van der Waals surface area contributed by atoms with Crippen molar-refractivity contribution >= 4 is 11.6 Å². The molecule has 0 aliphatic heterocycles. The molecule has 0 spiro atoms. The van der Waals surface area contributed by atoms with Gasteiger partial charge < -0.3 is 15.1 Å². The Bertz CT molecular complexity index is 530. The maximum atomic E-state index is 12.4. The fourth-order valence-corrected chi connectivity index (χ4v) is 1.96. The molecule has 100 valence electrons. The van der Waals surface area contributed by atoms with Crippen LogP contribution in [-0.2, 0) is 6.54 Å². The molecule has 2 aromatic rings. The number of carbonyl (C=O) groups excluding carboxylic acids is 1. The standard InChI is InChI=1S/C15H18N2O2/c1-11(2)17(15(18)14-4-3-9-19-14)13-7-5-12(10-16)6-8-13/h3-9,11H,10,16H2,1-2H3. The lowest BCUT2D eigenvalue weighted by Crippen LogP contribution is -2.36. The van der Waals surface area contributed by atoms with E-state index in [1.54, 1.807) is 17.0 Å². The summed E-state index contributed by atoms with van der Waals surface area (Å²) in [5.74, 6) is 0.206. The number of hydrogen-bond donors (Lipinski definition) is 1. The van der Waals surface area contributed by atoms with E-state index in [1.165, 1.54) is 6.26 Å². The summed E-state index contributed by atoms with van der Waals surface area (Å²) in [5, 5.41) is 0. The average Bonchev–Trinajstić information content (AvgIpc) is 2.93. The Labute approximate surface area is 112 Å². The number of rotatable bonds is 4. The zero-order chi connectivity index (χ0) is 13.8. The number of hydrogen-bond acceptors (Lipinski definition) is 3. The molecular formula is C15H18N2O2. The minimum atomic E-state index is -0.138. The molecule has 2 rings (SSSR count). The highest BCUT2D eigenvalue weighted by molar-refractivity contribution is 6.04. The molecule has 1 heterocycles. The Hall–Kier alpha value is -2.07. The average molecular weight is 258 g/mol. The van der Waals surface area contributed by atoms with E-state index in [1.807, 2.05) is 38.1 Å². The van der Waals surface area contributed by atoms with E-state index in [-0.39, 0.29) is 11.9 Å². The number of benzene rings is 1. The summed E-state index contributed by atoms with van der Waals surface area (Å²) >= 11 is 0. The normalized spacial score (nSPS) is 10.7. The molecule has 0 fully saturated rings. The highest BCUT2D eigenvalue weighted by atomic mass is 16.3. The third-order valence-corrected chi connectivity index (χ3v) is 2.92. The molecule has 0 atom stereocenters. The molecule has 4 heteroatoms. The number of anilines is 1. The molecule has 0 unspecified atom stereocenters. The first-order valence-corrected chi connectivity index (χ1v) is 6.29. The van der Waals surface area contributed by atoms with Crippen LogP contribution >= 0.6 is 0 Å². The van der Waals surface area contributed by atoms with Gasteiger partial charge in [-0.15, -0.1) is 0 Å². The summed E-state index contributed by atoms with van der Waals surface area (Å²) < 4.78 is 5.18. The second kappa shape index (κ2) is 5.71. The van der Waals surface area contributed by atoms with Crippen molar-refractivity contribution in [2.75, 3.05) is 4.90 Å². The SMILES string of the molecule is CC(C)N(C(=O)c1ccco1)c1ccc(CN)cc1. The highest BCUT2D eigenvalue weighted by Crippen LogP contribution is 2.21. The fraction of sp³-hybridized carbons (Fsp3) is 0.267. The van der Waals surface area contributed by atoms with Crippen molar-refractivity contribution in [1.29, 1.82) is 0 Å². The van der Waals surface area contributed by atoms with Crippen LogP contribution in [0.15, 0.2) is 47.1 Å². The van der Waals surface area contributed by atoms with Gasteiger partial charge in [0.15, 0.2) is 5.76 Å². The van der Waals surface area contributed by atoms with Gasteiger partial charge in [0.1, 0.15) is 0 Å². The summed E-state index contributed by atoms with van der Waals surface area (Å²) in [4.78, 5) is 14.1. The second-order valence-electron chi connectivity index (χ2n) is 4.62. The quantitative estimate of drug-likeness (QED) is 0.917. The Balaban J connectivity index is 2.31. The monoisotopic (exact) mass is 258 g/mol. The van der Waals surface area contributed by atoms with Crippen LogP contribution in [0.3, 0.4) is 0 Å². The molecule has 0 saturated carbocycles. The lowest BCUT2D eigenvalue weighted by molar-refractivity contribution is 0.0953. The summed E-state index contributed by atoms with van der Waals surface area (Å²) in [7, 11) is 0. The van der Waals surface area contributed by atoms with Gasteiger partial charge in [0.2, 0.25) is 0 Å². The molecule has 0 bridgehead atoms. The Morgan fingerprint density at radius 1 is 1.26 bits per heavy atom. The van der Waals surface area contributed by atoms with Gasteiger partial charge in [0.05, 0.1) is 6.26 Å². The molecule has 1 aromatic heterocycles. The Morgan fingerprint density at radius 2 is 1.95 bits per heavy atom. The van der Waals surface area contributed by atoms with Gasteiger partial charge >= 0.3 is 0 Å². The molecule has 0 saturated heterocycles. The zero-order valence-corrected chi connectivity index (χ0v) is 11.2. The predicted octanol–water partition coefficient (Wildman–Crippen LogP) is 2.79. The molecule has 1 amide bonds. The lowest BCUT2D eigenvalue weighted by atomic mass is 10.1. The van der Waals surface area contributed by atoms with E-state index >= 15 is 0 Å². The maximum Gasteiger partial charge on any atom is 0.294 e. The maximum absolute atomic E-state index is 12.4. The van der Waals surface area contributed by atoms with Crippen LogP contribution < -0.4 is 10.6 Å². The minimum absolute atomic E-state index is 0.0429. The van der Waals surface area contributed by atoms with Gasteiger partial charge in [-0.1, -0.05) is 12.1 Å². The van der Waals surface area contributed by atoms with Crippen LogP contribution in [0.25, 0.3) is 0 Å². The van der Waals surface area contributed by atoms with Crippen LogP contribution in [0.1, 0.15) is 30.0 Å². The van der Waals surface area contributed by atoms with Gasteiger partial charge in [0, 0.05) is 18.3 Å². The first-order chi connectivity index (χ1) is 9.13. The molecule has 1 aromatic carbocycles. The number of amides is 1.